The molecule has 0 aliphatic heterocycles. The Bertz CT molecular complexity index is 3390. The number of aromatic nitrogens is 5. The van der Waals surface area contributed by atoms with E-state index in [1.165, 1.54) is 21.7 Å². The van der Waals surface area contributed by atoms with Crippen molar-refractivity contribution in [1.29, 1.82) is 0 Å². The molecule has 5 heteroatoms. The predicted octanol–water partition coefficient (Wildman–Crippen LogP) is 14.3. The number of hydrogen-bond donors (Lipinski definition) is 0. The largest absolute Gasteiger partial charge is 0.316 e. The summed E-state index contributed by atoms with van der Waals surface area (Å²) in [6.45, 7) is 4.27. The number of hydrogen-bond acceptors (Lipinski definition) is 3. The SMILES string of the molecule is C=C/C(=C\c1cn(-c2ccccc2)c2ccccc12)c1cccc(-n2c3ccccc3c3cc(-c4ccc(-c5nc(-c6ccccc6)nc(-c6ccccc6)n5)cc4)ccc32)c1. The highest BCUT2D eigenvalue weighted by Gasteiger charge is 2.16. The lowest BCUT2D eigenvalue weighted by atomic mass is 10.0. The molecule has 0 radical (unpaired) electrons. The number of allylic oxidation sites excluding steroid dienone is 2. The quantitative estimate of drug-likeness (QED) is 0.137. The minimum atomic E-state index is 0.637. The van der Waals surface area contributed by atoms with E-state index in [4.69, 9.17) is 15.0 Å². The predicted molar refractivity (Wildman–Crippen MR) is 257 cm³/mol. The van der Waals surface area contributed by atoms with E-state index < -0.39 is 0 Å². The molecule has 0 aliphatic rings. The van der Waals surface area contributed by atoms with Crippen molar-refractivity contribution in [3.63, 3.8) is 0 Å². The Kier molecular flexibility index (Phi) is 9.25. The number of para-hydroxylation sites is 3. The van der Waals surface area contributed by atoms with Crippen LogP contribution >= 0.6 is 0 Å². The molecular formula is C57H39N5. The van der Waals surface area contributed by atoms with Crippen molar-refractivity contribution < 1.29 is 0 Å². The number of rotatable bonds is 9. The van der Waals surface area contributed by atoms with E-state index in [1.54, 1.807) is 0 Å². The Hall–Kier alpha value is -8.41. The van der Waals surface area contributed by atoms with Crippen LogP contribution in [0.25, 0.3) is 101 Å². The van der Waals surface area contributed by atoms with E-state index in [0.717, 1.165) is 66.9 Å². The van der Waals surface area contributed by atoms with E-state index >= 15 is 0 Å². The van der Waals surface area contributed by atoms with E-state index in [0.29, 0.717) is 17.5 Å². The van der Waals surface area contributed by atoms with Gasteiger partial charge in [0.1, 0.15) is 0 Å². The van der Waals surface area contributed by atoms with Crippen molar-refractivity contribution in [3.8, 4) is 56.7 Å². The monoisotopic (exact) mass is 793 g/mol. The molecule has 8 aromatic carbocycles. The summed E-state index contributed by atoms with van der Waals surface area (Å²) in [6.07, 6.45) is 6.44. The lowest BCUT2D eigenvalue weighted by molar-refractivity contribution is 1.07. The van der Waals surface area contributed by atoms with Gasteiger partial charge >= 0.3 is 0 Å². The summed E-state index contributed by atoms with van der Waals surface area (Å²) in [5.74, 6) is 1.93. The van der Waals surface area contributed by atoms with Crippen LogP contribution in [0.15, 0.2) is 225 Å². The molecule has 0 spiro atoms. The first-order valence-corrected chi connectivity index (χ1v) is 20.8. The lowest BCUT2D eigenvalue weighted by Gasteiger charge is -2.11. The van der Waals surface area contributed by atoms with E-state index in [1.807, 2.05) is 66.7 Å². The average molecular weight is 794 g/mol. The van der Waals surface area contributed by atoms with E-state index in [9.17, 15) is 0 Å². The first kappa shape index (κ1) is 36.7. The molecule has 0 saturated heterocycles. The molecule has 11 rings (SSSR count). The van der Waals surface area contributed by atoms with Gasteiger partial charge in [-0.25, -0.2) is 15.0 Å². The van der Waals surface area contributed by atoms with Crippen LogP contribution in [-0.4, -0.2) is 24.1 Å². The molecular weight excluding hydrogens is 755 g/mol. The zero-order valence-electron chi connectivity index (χ0n) is 33.8. The van der Waals surface area contributed by atoms with Crippen molar-refractivity contribution in [2.24, 2.45) is 0 Å². The summed E-state index contributed by atoms with van der Waals surface area (Å²) in [5, 5.41) is 3.59. The molecule has 0 fully saturated rings. The van der Waals surface area contributed by atoms with Crippen LogP contribution in [0.2, 0.25) is 0 Å². The van der Waals surface area contributed by atoms with Crippen LogP contribution < -0.4 is 0 Å². The second-order valence-electron chi connectivity index (χ2n) is 15.4. The summed E-state index contributed by atoms with van der Waals surface area (Å²) >= 11 is 0. The topological polar surface area (TPSA) is 48.5 Å². The fourth-order valence-corrected chi connectivity index (χ4v) is 8.56. The third-order valence-corrected chi connectivity index (χ3v) is 11.6. The third-order valence-electron chi connectivity index (χ3n) is 11.6. The Morgan fingerprint density at radius 1 is 0.403 bits per heavy atom. The zero-order valence-corrected chi connectivity index (χ0v) is 33.8. The Morgan fingerprint density at radius 3 is 1.58 bits per heavy atom. The normalized spacial score (nSPS) is 11.7. The molecule has 0 aliphatic carbocycles. The second-order valence-corrected chi connectivity index (χ2v) is 15.4. The highest BCUT2D eigenvalue weighted by atomic mass is 15.0. The van der Waals surface area contributed by atoms with Gasteiger partial charge in [0.05, 0.1) is 16.6 Å². The Balaban J connectivity index is 0.955. The van der Waals surface area contributed by atoms with E-state index in [2.05, 4.69) is 174 Å². The molecule has 3 heterocycles. The van der Waals surface area contributed by atoms with Crippen molar-refractivity contribution in [2.45, 2.75) is 0 Å². The van der Waals surface area contributed by atoms with Gasteiger partial charge in [-0.3, -0.25) is 0 Å². The summed E-state index contributed by atoms with van der Waals surface area (Å²) in [7, 11) is 0. The van der Waals surface area contributed by atoms with Crippen molar-refractivity contribution in [1.82, 2.24) is 24.1 Å². The fourth-order valence-electron chi connectivity index (χ4n) is 8.56. The zero-order chi connectivity index (χ0) is 41.4. The molecule has 0 bridgehead atoms. The standard InChI is InChI=1S/C57H39N5/c1-2-39(35-46-38-61(47-22-10-5-11-23-47)52-27-14-12-25-49(46)52)44-21-16-24-48(36-44)62-53-28-15-13-26-50(53)51-37-45(33-34-54(51)62)40-29-31-43(32-30-40)57-59-55(41-17-6-3-7-18-41)58-56(60-57)42-19-8-4-9-20-42/h2-38H,1H2/b39-35+. The highest BCUT2D eigenvalue weighted by Crippen LogP contribution is 2.37. The van der Waals surface area contributed by atoms with Gasteiger partial charge in [-0.1, -0.05) is 170 Å². The van der Waals surface area contributed by atoms with Crippen LogP contribution in [0.5, 0.6) is 0 Å². The van der Waals surface area contributed by atoms with Crippen LogP contribution in [-0.2, 0) is 0 Å². The van der Waals surface area contributed by atoms with E-state index in [-0.39, 0.29) is 0 Å². The Labute approximate surface area is 359 Å². The maximum Gasteiger partial charge on any atom is 0.164 e. The summed E-state index contributed by atoms with van der Waals surface area (Å²) in [5.41, 5.74) is 14.1. The molecule has 62 heavy (non-hydrogen) atoms. The number of nitrogens with zero attached hydrogens (tertiary/aromatic N) is 5. The smallest absolute Gasteiger partial charge is 0.164 e. The molecule has 0 unspecified atom stereocenters. The molecule has 292 valence electrons. The van der Waals surface area contributed by atoms with Gasteiger partial charge in [-0.2, -0.15) is 0 Å². The number of benzene rings is 8. The minimum Gasteiger partial charge on any atom is -0.316 e. The van der Waals surface area contributed by atoms with Gasteiger partial charge in [-0.05, 0) is 76.9 Å². The van der Waals surface area contributed by atoms with Crippen LogP contribution in [0.1, 0.15) is 11.1 Å². The fraction of sp³-hybridized carbons (Fsp3) is 0. The van der Waals surface area contributed by atoms with Gasteiger partial charge in [0, 0.05) is 56.0 Å². The minimum absolute atomic E-state index is 0.637. The Morgan fingerprint density at radius 2 is 0.919 bits per heavy atom. The summed E-state index contributed by atoms with van der Waals surface area (Å²) in [4.78, 5) is 14.7. The average Bonchev–Trinajstić information content (AvgIpc) is 3.89. The summed E-state index contributed by atoms with van der Waals surface area (Å²) < 4.78 is 4.63. The molecule has 5 nitrogen and oxygen atoms in total. The van der Waals surface area contributed by atoms with Gasteiger partial charge in [0.15, 0.2) is 17.5 Å². The van der Waals surface area contributed by atoms with Gasteiger partial charge < -0.3 is 9.13 Å². The second kappa shape index (κ2) is 15.6. The molecule has 0 N–H and O–H groups in total. The maximum atomic E-state index is 4.94. The van der Waals surface area contributed by atoms with Gasteiger partial charge in [0.25, 0.3) is 0 Å². The van der Waals surface area contributed by atoms with Crippen LogP contribution in [0.4, 0.5) is 0 Å². The molecule has 3 aromatic heterocycles. The van der Waals surface area contributed by atoms with Crippen LogP contribution in [0.3, 0.4) is 0 Å². The molecule has 11 aromatic rings. The van der Waals surface area contributed by atoms with Crippen molar-refractivity contribution in [3.05, 3.63) is 236 Å². The van der Waals surface area contributed by atoms with Crippen molar-refractivity contribution >= 4 is 44.4 Å². The molecule has 0 atom stereocenters. The molecule has 0 amide bonds. The maximum absolute atomic E-state index is 4.94. The third kappa shape index (κ3) is 6.68. The molecule has 0 saturated carbocycles. The summed E-state index contributed by atoms with van der Waals surface area (Å²) in [6, 6.07) is 72.0. The number of fused-ring (bicyclic) bond motifs is 4. The first-order chi connectivity index (χ1) is 30.7. The van der Waals surface area contributed by atoms with Crippen molar-refractivity contribution in [2.75, 3.05) is 0 Å². The van der Waals surface area contributed by atoms with Gasteiger partial charge in [-0.15, -0.1) is 0 Å². The highest BCUT2D eigenvalue weighted by molar-refractivity contribution is 6.10. The lowest BCUT2D eigenvalue weighted by Crippen LogP contribution is -2.00. The van der Waals surface area contributed by atoms with Crippen LogP contribution in [0, 0.1) is 0 Å². The first-order valence-electron chi connectivity index (χ1n) is 20.8. The van der Waals surface area contributed by atoms with Gasteiger partial charge in [0.2, 0.25) is 0 Å².